The van der Waals surface area contributed by atoms with Crippen LogP contribution in [0.25, 0.3) is 0 Å². The van der Waals surface area contributed by atoms with Crippen LogP contribution in [0.5, 0.6) is 0 Å². The van der Waals surface area contributed by atoms with Crippen LogP contribution >= 0.6 is 0 Å². The molecule has 0 aliphatic carbocycles. The second-order valence-corrected chi connectivity index (χ2v) is 3.01. The second kappa shape index (κ2) is 4.42. The lowest BCUT2D eigenvalue weighted by Gasteiger charge is -2.12. The van der Waals surface area contributed by atoms with Crippen molar-refractivity contribution in [1.82, 2.24) is 0 Å². The highest BCUT2D eigenvalue weighted by Gasteiger charge is 2.22. The number of hydrogen-bond donors (Lipinski definition) is 1. The van der Waals surface area contributed by atoms with Crippen molar-refractivity contribution < 1.29 is 14.3 Å². The van der Waals surface area contributed by atoms with Crippen molar-refractivity contribution in [2.24, 2.45) is 5.73 Å². The van der Waals surface area contributed by atoms with Crippen LogP contribution < -0.4 is 5.73 Å². The first-order valence-corrected chi connectivity index (χ1v) is 4.17. The number of carbonyl (C=O) groups excluding carboxylic acids is 1. The molecule has 12 heavy (non-hydrogen) atoms. The molecule has 0 bridgehead atoms. The first kappa shape index (κ1) is 9.48. The molecule has 1 aliphatic rings. The Morgan fingerprint density at radius 1 is 1.58 bits per heavy atom. The van der Waals surface area contributed by atoms with Crippen LogP contribution in [-0.4, -0.2) is 31.8 Å². The van der Waals surface area contributed by atoms with Crippen molar-refractivity contribution in [1.29, 1.82) is 0 Å². The van der Waals surface area contributed by atoms with Crippen molar-refractivity contribution in [2.75, 3.05) is 13.7 Å². The average molecular weight is 173 g/mol. The summed E-state index contributed by atoms with van der Waals surface area (Å²) in [6.07, 6.45) is 2.31. The number of amides is 1. The third kappa shape index (κ3) is 2.46. The maximum absolute atomic E-state index is 10.8. The summed E-state index contributed by atoms with van der Waals surface area (Å²) in [7, 11) is 1.65. The number of rotatable bonds is 2. The molecule has 0 aromatic rings. The zero-order valence-electron chi connectivity index (χ0n) is 7.29. The maximum atomic E-state index is 10.8. The van der Waals surface area contributed by atoms with Gasteiger partial charge in [0, 0.05) is 7.11 Å². The molecule has 1 rings (SSSR count). The van der Waals surface area contributed by atoms with Gasteiger partial charge in [0.2, 0.25) is 5.91 Å². The van der Waals surface area contributed by atoms with Crippen molar-refractivity contribution in [3.8, 4) is 0 Å². The summed E-state index contributed by atoms with van der Waals surface area (Å²) in [5, 5.41) is 0. The fourth-order valence-electron chi connectivity index (χ4n) is 1.33. The SMILES string of the molecule is CO[C@@H]1CCCC(C(N)=O)OC1. The highest BCUT2D eigenvalue weighted by Crippen LogP contribution is 2.14. The molecule has 0 saturated carbocycles. The van der Waals surface area contributed by atoms with E-state index in [0.717, 1.165) is 19.3 Å². The highest BCUT2D eigenvalue weighted by atomic mass is 16.5. The molecule has 70 valence electrons. The summed E-state index contributed by atoms with van der Waals surface area (Å²) < 4.78 is 10.4. The molecule has 4 heteroatoms. The molecule has 1 amide bonds. The minimum Gasteiger partial charge on any atom is -0.379 e. The Hall–Kier alpha value is -0.610. The number of carbonyl (C=O) groups is 1. The molecule has 1 heterocycles. The minimum absolute atomic E-state index is 0.120. The molecule has 0 radical (unpaired) electrons. The van der Waals surface area contributed by atoms with Crippen LogP contribution in [-0.2, 0) is 14.3 Å². The van der Waals surface area contributed by atoms with E-state index in [9.17, 15) is 4.79 Å². The Balaban J connectivity index is 2.39. The summed E-state index contributed by atoms with van der Waals surface area (Å²) in [6, 6.07) is 0. The number of primary amides is 1. The van der Waals surface area contributed by atoms with E-state index in [2.05, 4.69) is 0 Å². The average Bonchev–Trinajstić information content (AvgIpc) is 2.28. The third-order valence-corrected chi connectivity index (χ3v) is 2.13. The van der Waals surface area contributed by atoms with E-state index in [1.54, 1.807) is 7.11 Å². The highest BCUT2D eigenvalue weighted by molar-refractivity contribution is 5.78. The van der Waals surface area contributed by atoms with Crippen molar-refractivity contribution in [3.05, 3.63) is 0 Å². The summed E-state index contributed by atoms with van der Waals surface area (Å²) in [4.78, 5) is 10.8. The molecule has 2 N–H and O–H groups in total. The second-order valence-electron chi connectivity index (χ2n) is 3.01. The predicted octanol–water partition coefficient (Wildman–Crippen LogP) is 0.0558. The topological polar surface area (TPSA) is 61.5 Å². The van der Waals surface area contributed by atoms with Gasteiger partial charge in [-0.2, -0.15) is 0 Å². The Morgan fingerprint density at radius 3 is 2.92 bits per heavy atom. The monoisotopic (exact) mass is 173 g/mol. The molecule has 0 spiro atoms. The number of methoxy groups -OCH3 is 1. The summed E-state index contributed by atoms with van der Waals surface area (Å²) in [6.45, 7) is 0.476. The molecule has 4 nitrogen and oxygen atoms in total. The van der Waals surface area contributed by atoms with Crippen LogP contribution in [0, 0.1) is 0 Å². The predicted molar refractivity (Wildman–Crippen MR) is 43.6 cm³/mol. The number of hydrogen-bond acceptors (Lipinski definition) is 3. The molecule has 1 saturated heterocycles. The number of nitrogens with two attached hydrogens (primary N) is 1. The van der Waals surface area contributed by atoms with Gasteiger partial charge in [-0.15, -0.1) is 0 Å². The van der Waals surface area contributed by atoms with Crippen molar-refractivity contribution in [2.45, 2.75) is 31.5 Å². The van der Waals surface area contributed by atoms with Crippen molar-refractivity contribution in [3.63, 3.8) is 0 Å². The lowest BCUT2D eigenvalue weighted by molar-refractivity contribution is -0.130. The largest absolute Gasteiger partial charge is 0.379 e. The molecule has 1 aliphatic heterocycles. The molecule has 1 fully saturated rings. The van der Waals surface area contributed by atoms with Gasteiger partial charge in [0.05, 0.1) is 12.7 Å². The Bertz CT molecular complexity index is 160. The summed E-state index contributed by atoms with van der Waals surface area (Å²) >= 11 is 0. The molecule has 0 aromatic heterocycles. The van der Waals surface area contributed by atoms with Gasteiger partial charge in [-0.25, -0.2) is 0 Å². The van der Waals surface area contributed by atoms with E-state index in [1.807, 2.05) is 0 Å². The minimum atomic E-state index is -0.412. The molecular formula is C8H15NO3. The van der Waals surface area contributed by atoms with Gasteiger partial charge in [-0.1, -0.05) is 0 Å². The standard InChI is InChI=1S/C8H15NO3/c1-11-6-3-2-4-7(8(9)10)12-5-6/h6-7H,2-5H2,1H3,(H2,9,10)/t6-,7?/m1/s1. The lowest BCUT2D eigenvalue weighted by atomic mass is 10.1. The van der Waals surface area contributed by atoms with E-state index in [0.29, 0.717) is 6.61 Å². The van der Waals surface area contributed by atoms with E-state index in [4.69, 9.17) is 15.2 Å². The van der Waals surface area contributed by atoms with E-state index in [1.165, 1.54) is 0 Å². The first-order chi connectivity index (χ1) is 5.74. The zero-order chi connectivity index (χ0) is 8.97. The molecular weight excluding hydrogens is 158 g/mol. The molecule has 1 unspecified atom stereocenters. The van der Waals surface area contributed by atoms with Gasteiger partial charge in [-0.05, 0) is 19.3 Å². The van der Waals surface area contributed by atoms with Crippen LogP contribution in [0.15, 0.2) is 0 Å². The van der Waals surface area contributed by atoms with Crippen LogP contribution in [0.1, 0.15) is 19.3 Å². The van der Waals surface area contributed by atoms with Crippen LogP contribution in [0.3, 0.4) is 0 Å². The van der Waals surface area contributed by atoms with Gasteiger partial charge in [0.15, 0.2) is 0 Å². The summed E-state index contributed by atoms with van der Waals surface area (Å²) in [5.74, 6) is -0.369. The molecule has 2 atom stereocenters. The van der Waals surface area contributed by atoms with Crippen LogP contribution in [0.4, 0.5) is 0 Å². The zero-order valence-corrected chi connectivity index (χ0v) is 7.29. The first-order valence-electron chi connectivity index (χ1n) is 4.17. The fraction of sp³-hybridized carbons (Fsp3) is 0.875. The Labute approximate surface area is 72.0 Å². The maximum Gasteiger partial charge on any atom is 0.246 e. The van der Waals surface area contributed by atoms with Crippen LogP contribution in [0.2, 0.25) is 0 Å². The van der Waals surface area contributed by atoms with E-state index < -0.39 is 6.10 Å². The van der Waals surface area contributed by atoms with Gasteiger partial charge < -0.3 is 15.2 Å². The normalized spacial score (nSPS) is 31.1. The number of ether oxygens (including phenoxy) is 2. The van der Waals surface area contributed by atoms with E-state index in [-0.39, 0.29) is 12.0 Å². The van der Waals surface area contributed by atoms with Gasteiger partial charge in [-0.3, -0.25) is 4.79 Å². The molecule has 0 aromatic carbocycles. The van der Waals surface area contributed by atoms with E-state index >= 15 is 0 Å². The van der Waals surface area contributed by atoms with Gasteiger partial charge >= 0.3 is 0 Å². The fourth-order valence-corrected chi connectivity index (χ4v) is 1.33. The van der Waals surface area contributed by atoms with Crippen molar-refractivity contribution >= 4 is 5.91 Å². The summed E-state index contributed by atoms with van der Waals surface area (Å²) in [5.41, 5.74) is 5.12. The Morgan fingerprint density at radius 2 is 2.33 bits per heavy atom. The van der Waals surface area contributed by atoms with Gasteiger partial charge in [0.1, 0.15) is 6.10 Å². The quantitative estimate of drug-likeness (QED) is 0.642. The lowest BCUT2D eigenvalue weighted by Crippen LogP contribution is -2.31. The van der Waals surface area contributed by atoms with Gasteiger partial charge in [0.25, 0.3) is 0 Å². The Kier molecular flexibility index (Phi) is 3.49. The smallest absolute Gasteiger partial charge is 0.246 e. The third-order valence-electron chi connectivity index (χ3n) is 2.13.